The van der Waals surface area contributed by atoms with Gasteiger partial charge in [0.1, 0.15) is 17.5 Å². The van der Waals surface area contributed by atoms with Gasteiger partial charge < -0.3 is 56.4 Å². The van der Waals surface area contributed by atoms with Gasteiger partial charge in [-0.05, 0) is 69.0 Å². The number of carboxylic acids is 4. The van der Waals surface area contributed by atoms with Crippen molar-refractivity contribution in [2.24, 2.45) is 28.7 Å². The molecule has 7 rings (SSSR count). The summed E-state index contributed by atoms with van der Waals surface area (Å²) in [6.07, 6.45) is -2.22. The highest BCUT2D eigenvalue weighted by atomic mass is 32.2. The molecule has 0 aliphatic carbocycles. The third-order valence-corrected chi connectivity index (χ3v) is 16.1. The quantitative estimate of drug-likeness (QED) is 0.109. The van der Waals surface area contributed by atoms with Gasteiger partial charge in [-0.3, -0.25) is 24.2 Å². The van der Waals surface area contributed by atoms with Crippen LogP contribution in [0.4, 0.5) is 11.4 Å². The summed E-state index contributed by atoms with van der Waals surface area (Å²) in [6.45, 7) is 6.43. The number of benzene rings is 2. The zero-order chi connectivity index (χ0) is 48.0. The fourth-order valence-corrected chi connectivity index (χ4v) is 12.9. The first-order valence-electron chi connectivity index (χ1n) is 21.3. The molecule has 352 valence electrons. The molecule has 2 aromatic rings. The molecule has 0 aromatic heterocycles. The fourth-order valence-electron chi connectivity index (χ4n) is 9.74. The number of anilines is 2. The average molecular weight is 951 g/mol. The summed E-state index contributed by atoms with van der Waals surface area (Å²) in [7, 11) is 0. The minimum Gasteiger partial charge on any atom is -0.478 e. The molecule has 0 bridgehead atoms. The molecular formula is C44H50N6O14S2. The second kappa shape index (κ2) is 19.2. The van der Waals surface area contributed by atoms with Crippen molar-refractivity contribution in [2.75, 3.05) is 23.7 Å². The van der Waals surface area contributed by atoms with Gasteiger partial charge in [0.2, 0.25) is 23.6 Å². The second-order valence-corrected chi connectivity index (χ2v) is 20.1. The molecule has 3 fully saturated rings. The number of aliphatic hydroxyl groups excluding tert-OH is 2. The predicted molar refractivity (Wildman–Crippen MR) is 240 cm³/mol. The van der Waals surface area contributed by atoms with E-state index in [1.165, 1.54) is 77.9 Å². The van der Waals surface area contributed by atoms with Crippen molar-refractivity contribution < 1.29 is 69.0 Å². The summed E-state index contributed by atoms with van der Waals surface area (Å²) in [4.78, 5) is 111. The minimum atomic E-state index is -1.42. The number of carbonyl (C=O) groups excluding carboxylic acids is 4. The van der Waals surface area contributed by atoms with E-state index < -0.39 is 118 Å². The van der Waals surface area contributed by atoms with Crippen molar-refractivity contribution in [3.8, 4) is 0 Å². The first kappa shape index (κ1) is 48.1. The molecule has 0 unspecified atom stereocenters. The lowest BCUT2D eigenvalue weighted by molar-refractivity contribution is -0.163. The highest BCUT2D eigenvalue weighted by molar-refractivity contribution is 8.03. The van der Waals surface area contributed by atoms with Crippen LogP contribution < -0.4 is 16.0 Å². The van der Waals surface area contributed by atoms with Gasteiger partial charge in [-0.15, -0.1) is 23.5 Å². The van der Waals surface area contributed by atoms with E-state index in [4.69, 9.17) is 0 Å². The summed E-state index contributed by atoms with van der Waals surface area (Å²) in [5.41, 5.74) is -0.195. The number of nitrogens with one attached hydrogen (secondary N) is 3. The molecule has 5 aliphatic heterocycles. The van der Waals surface area contributed by atoms with Crippen molar-refractivity contribution in [1.82, 2.24) is 15.1 Å². The normalized spacial score (nSPS) is 29.4. The molecule has 3 saturated heterocycles. The first-order chi connectivity index (χ1) is 31.2. The van der Waals surface area contributed by atoms with Gasteiger partial charge in [-0.2, -0.15) is 0 Å². The third kappa shape index (κ3) is 9.28. The molecule has 4 amide bonds. The number of aliphatic carboxylic acids is 2. The molecule has 66 heavy (non-hydrogen) atoms. The molecular weight excluding hydrogens is 901 g/mol. The van der Waals surface area contributed by atoms with Gasteiger partial charge in [-0.1, -0.05) is 26.0 Å². The molecule has 5 aliphatic rings. The lowest BCUT2D eigenvalue weighted by atomic mass is 9.79. The minimum absolute atomic E-state index is 0.00740. The van der Waals surface area contributed by atoms with Gasteiger partial charge in [0, 0.05) is 45.8 Å². The van der Waals surface area contributed by atoms with Crippen molar-refractivity contribution >= 4 is 88.1 Å². The van der Waals surface area contributed by atoms with Crippen LogP contribution in [0.15, 0.2) is 64.1 Å². The maximum Gasteiger partial charge on any atom is 0.353 e. The number of rotatable bonds is 16. The van der Waals surface area contributed by atoms with Gasteiger partial charge >= 0.3 is 23.9 Å². The summed E-state index contributed by atoms with van der Waals surface area (Å²) in [6, 6.07) is 7.59. The number of carboxylic acid groups (broad SMARTS) is 4. The number of carbonyl (C=O) groups is 8. The van der Waals surface area contributed by atoms with Crippen LogP contribution in [0.5, 0.6) is 0 Å². The van der Waals surface area contributed by atoms with E-state index >= 15 is 0 Å². The van der Waals surface area contributed by atoms with Gasteiger partial charge in [-0.25, -0.2) is 19.2 Å². The maximum atomic E-state index is 15.0. The first-order valence-corrected chi connectivity index (χ1v) is 23.1. The molecule has 22 heteroatoms. The predicted octanol–water partition coefficient (Wildman–Crippen LogP) is 1.89. The Morgan fingerprint density at radius 2 is 1.42 bits per heavy atom. The zero-order valence-corrected chi connectivity index (χ0v) is 37.7. The molecule has 0 spiro atoms. The Balaban J connectivity index is 1.12. The van der Waals surface area contributed by atoms with Crippen LogP contribution in [0, 0.1) is 23.7 Å². The van der Waals surface area contributed by atoms with E-state index in [1.54, 1.807) is 19.9 Å². The number of likely N-dealkylation sites (tertiary alicyclic amines) is 1. The monoisotopic (exact) mass is 950 g/mol. The maximum absolute atomic E-state index is 15.0. The molecule has 2 aromatic carbocycles. The number of nitrogens with zero attached hydrogens (tertiary/aromatic N) is 3. The lowest BCUT2D eigenvalue weighted by Crippen LogP contribution is -2.63. The van der Waals surface area contributed by atoms with Crippen molar-refractivity contribution in [3.05, 3.63) is 70.3 Å². The largest absolute Gasteiger partial charge is 0.478 e. The van der Waals surface area contributed by atoms with Gasteiger partial charge in [0.15, 0.2) is 0 Å². The highest BCUT2D eigenvalue weighted by Gasteiger charge is 2.61. The van der Waals surface area contributed by atoms with Gasteiger partial charge in [0.25, 0.3) is 0 Å². The third-order valence-electron chi connectivity index (χ3n) is 12.9. The SMILES string of the molecule is C[C@H]1[C@@H]([C@H](C(=O)N2C[C@H](SC3=C(C(=O)O)N4C(=O)[C@H]([C@@H](C)O)[C@H]4[C@H]3C)C[C@H]2C(=O)Nc2cccc(C(=O)O)c2)[C@H](C)O)N=C(C(=O)O)[C@H]1S[C@@H]1CN[C@H](C(=O)Nc2cccc(C(=O)O)c2)C1. The Labute approximate surface area is 386 Å². The van der Waals surface area contributed by atoms with Crippen molar-refractivity contribution in [3.63, 3.8) is 0 Å². The van der Waals surface area contributed by atoms with Crippen LogP contribution in [0.1, 0.15) is 61.3 Å². The summed E-state index contributed by atoms with van der Waals surface area (Å²) < 4.78 is 0. The average Bonchev–Trinajstić information content (AvgIpc) is 4.03. The van der Waals surface area contributed by atoms with Gasteiger partial charge in [0.05, 0.1) is 58.5 Å². The standard InChI is InChI=1S/C44H50N6O14S2/c1-17-31(48-32(43(61)62)35(17)65-25-13-27(45-15-25)37(53)46-23-9-5-7-21(11-23)41(57)58)29(19(3)51)39(55)49-16-26(14-28(49)38(54)47-24-10-6-8-22(12-24)42(59)60)66-36-18(2)33-30(20(4)52)40(56)50(33)34(36)44(63)64/h5-12,17-20,25-31,33,35,45,51-52H,13-16H2,1-4H3,(H,46,53)(H,47,54)(H,57,58)(H,59,60)(H,61,62)(H,63,64)/t17-,18+,19-,20+,25-,26+,27-,28-,29+,30+,31-,33+,35-/m0/s1. The molecule has 0 radical (unpaired) electrons. The number of aliphatic hydroxyl groups is 2. The fraction of sp³-hybridized carbons (Fsp3) is 0.477. The smallest absolute Gasteiger partial charge is 0.353 e. The number of aromatic carboxylic acids is 2. The number of hydrogen-bond donors (Lipinski definition) is 9. The number of aliphatic imine (C=N–C) groups is 1. The Morgan fingerprint density at radius 3 is 1.97 bits per heavy atom. The number of hydrogen-bond acceptors (Lipinski definition) is 14. The number of thioether (sulfide) groups is 2. The van der Waals surface area contributed by atoms with Crippen LogP contribution >= 0.6 is 23.5 Å². The van der Waals surface area contributed by atoms with E-state index in [1.807, 2.05) is 0 Å². The molecule has 0 saturated carbocycles. The van der Waals surface area contributed by atoms with E-state index in [0.29, 0.717) is 11.4 Å². The molecule has 5 heterocycles. The van der Waals surface area contributed by atoms with E-state index in [2.05, 4.69) is 20.9 Å². The highest BCUT2D eigenvalue weighted by Crippen LogP contribution is 2.52. The number of β-lactam (4-membered cyclic amide) rings is 1. The van der Waals surface area contributed by atoms with Crippen LogP contribution in [0.3, 0.4) is 0 Å². The second-order valence-electron chi connectivity index (χ2n) is 17.3. The van der Waals surface area contributed by atoms with Crippen LogP contribution in [0.2, 0.25) is 0 Å². The Hall–Kier alpha value is -5.81. The number of amides is 4. The van der Waals surface area contributed by atoms with Crippen LogP contribution in [-0.4, -0.2) is 159 Å². The lowest BCUT2D eigenvalue weighted by Gasteiger charge is -2.46. The number of fused-ring (bicyclic) bond motifs is 1. The van der Waals surface area contributed by atoms with E-state index in [9.17, 15) is 69.0 Å². The van der Waals surface area contributed by atoms with Crippen molar-refractivity contribution in [1.29, 1.82) is 0 Å². The summed E-state index contributed by atoms with van der Waals surface area (Å²) in [5.74, 6) is -10.9. The van der Waals surface area contributed by atoms with E-state index in [0.717, 1.165) is 11.8 Å². The Morgan fingerprint density at radius 1 is 0.818 bits per heavy atom. The van der Waals surface area contributed by atoms with Crippen LogP contribution in [0.25, 0.3) is 0 Å². The topological polar surface area (TPSA) is 313 Å². The van der Waals surface area contributed by atoms with Crippen LogP contribution in [-0.2, 0) is 28.8 Å². The zero-order valence-electron chi connectivity index (χ0n) is 36.1. The molecule has 20 nitrogen and oxygen atoms in total. The Bertz CT molecular complexity index is 2430. The molecule has 9 N–H and O–H groups in total. The summed E-state index contributed by atoms with van der Waals surface area (Å²) >= 11 is 2.36. The Kier molecular flexibility index (Phi) is 14.0. The van der Waals surface area contributed by atoms with Crippen molar-refractivity contribution in [2.45, 2.75) is 92.7 Å². The van der Waals surface area contributed by atoms with E-state index in [-0.39, 0.29) is 58.5 Å². The molecule has 13 atom stereocenters. The summed E-state index contributed by atoms with van der Waals surface area (Å²) in [5, 5.41) is 68.1.